The Kier molecular flexibility index (Phi) is 4.10. The molecule has 0 spiro atoms. The summed E-state index contributed by atoms with van der Waals surface area (Å²) in [6, 6.07) is 3.49. The van der Waals surface area contributed by atoms with Gasteiger partial charge in [0.05, 0.1) is 10.0 Å². The lowest BCUT2D eigenvalue weighted by molar-refractivity contribution is 0.112. The summed E-state index contributed by atoms with van der Waals surface area (Å²) in [7, 11) is 0. The maximum atomic E-state index is 10.5. The van der Waals surface area contributed by atoms with Gasteiger partial charge in [-0.05, 0) is 17.9 Å². The number of carbonyl (C=O) groups is 1. The molecule has 1 nitrogen and oxygen atoms in total. The van der Waals surface area contributed by atoms with Gasteiger partial charge in [-0.3, -0.25) is 4.79 Å². The average Bonchev–Trinajstić information content (AvgIpc) is 2.14. The molecule has 0 atom stereocenters. The number of hydrogen-bond acceptors (Lipinski definition) is 2. The summed E-state index contributed by atoms with van der Waals surface area (Å²) in [6.07, 6.45) is 0.703. The van der Waals surface area contributed by atoms with Gasteiger partial charge in [-0.2, -0.15) is 0 Å². The smallest absolute Gasteiger partial charge is 0.151 e. The van der Waals surface area contributed by atoms with Crippen LogP contribution in [0.5, 0.6) is 0 Å². The van der Waals surface area contributed by atoms with E-state index in [0.29, 0.717) is 21.9 Å². The van der Waals surface area contributed by atoms with Crippen LogP contribution in [0.3, 0.4) is 0 Å². The first kappa shape index (κ1) is 10.9. The molecule has 0 N–H and O–H groups in total. The van der Waals surface area contributed by atoms with Crippen LogP contribution < -0.4 is 0 Å². The summed E-state index contributed by atoms with van der Waals surface area (Å²) in [4.78, 5) is 11.4. The summed E-state index contributed by atoms with van der Waals surface area (Å²) in [5.41, 5.74) is 0.437. The van der Waals surface area contributed by atoms with Crippen LogP contribution in [0.4, 0.5) is 0 Å². The van der Waals surface area contributed by atoms with E-state index in [0.717, 1.165) is 10.6 Å². The third kappa shape index (κ3) is 2.39. The predicted octanol–water partition coefficient (Wildman–Crippen LogP) is 3.92. The number of aldehydes is 1. The van der Waals surface area contributed by atoms with Crippen molar-refractivity contribution in [3.63, 3.8) is 0 Å². The topological polar surface area (TPSA) is 17.1 Å². The Morgan fingerprint density at radius 2 is 2.08 bits per heavy atom. The molecule has 0 amide bonds. The quantitative estimate of drug-likeness (QED) is 0.583. The van der Waals surface area contributed by atoms with Crippen LogP contribution in [0.25, 0.3) is 0 Å². The maximum absolute atomic E-state index is 10.5. The van der Waals surface area contributed by atoms with Gasteiger partial charge < -0.3 is 0 Å². The van der Waals surface area contributed by atoms with Crippen molar-refractivity contribution >= 4 is 41.2 Å². The number of halogens is 2. The van der Waals surface area contributed by atoms with E-state index in [2.05, 4.69) is 0 Å². The predicted molar refractivity (Wildman–Crippen MR) is 58.2 cm³/mol. The van der Waals surface area contributed by atoms with Crippen LogP contribution in [0.1, 0.15) is 17.3 Å². The van der Waals surface area contributed by atoms with Crippen molar-refractivity contribution in [2.45, 2.75) is 11.8 Å². The molecule has 0 aromatic heterocycles. The highest BCUT2D eigenvalue weighted by atomic mass is 35.5. The zero-order valence-electron chi connectivity index (χ0n) is 7.01. The number of rotatable bonds is 3. The lowest BCUT2D eigenvalue weighted by Gasteiger charge is -2.05. The molecular weight excluding hydrogens is 227 g/mol. The van der Waals surface area contributed by atoms with Crippen LogP contribution in [-0.4, -0.2) is 12.0 Å². The molecule has 70 valence electrons. The van der Waals surface area contributed by atoms with Crippen molar-refractivity contribution in [2.75, 3.05) is 5.75 Å². The third-order valence-electron chi connectivity index (χ3n) is 1.50. The Bertz CT molecular complexity index is 326. The Hall–Kier alpha value is -0.180. The van der Waals surface area contributed by atoms with Crippen molar-refractivity contribution in [2.24, 2.45) is 0 Å². The molecule has 0 unspecified atom stereocenters. The third-order valence-corrected chi connectivity index (χ3v) is 3.45. The van der Waals surface area contributed by atoms with Crippen molar-refractivity contribution in [1.29, 1.82) is 0 Å². The van der Waals surface area contributed by atoms with Crippen molar-refractivity contribution in [1.82, 2.24) is 0 Å². The van der Waals surface area contributed by atoms with Gasteiger partial charge in [0, 0.05) is 10.5 Å². The molecule has 0 bridgehead atoms. The maximum Gasteiger partial charge on any atom is 0.151 e. The van der Waals surface area contributed by atoms with Crippen molar-refractivity contribution < 1.29 is 4.79 Å². The SMILES string of the molecule is CCSc1ccc(C=O)c(Cl)c1Cl. The highest BCUT2D eigenvalue weighted by Crippen LogP contribution is 2.34. The number of benzene rings is 1. The van der Waals surface area contributed by atoms with Crippen LogP contribution in [0, 0.1) is 0 Å². The second-order valence-corrected chi connectivity index (χ2v) is 4.39. The van der Waals surface area contributed by atoms with Gasteiger partial charge in [0.25, 0.3) is 0 Å². The summed E-state index contributed by atoms with van der Waals surface area (Å²) in [5, 5.41) is 0.813. The lowest BCUT2D eigenvalue weighted by atomic mass is 10.2. The molecule has 13 heavy (non-hydrogen) atoms. The molecule has 0 aliphatic heterocycles. The van der Waals surface area contributed by atoms with E-state index in [1.165, 1.54) is 0 Å². The van der Waals surface area contributed by atoms with Gasteiger partial charge in [0.1, 0.15) is 0 Å². The lowest BCUT2D eigenvalue weighted by Crippen LogP contribution is -1.85. The van der Waals surface area contributed by atoms with Gasteiger partial charge in [-0.1, -0.05) is 30.1 Å². The van der Waals surface area contributed by atoms with Crippen molar-refractivity contribution in [3.8, 4) is 0 Å². The average molecular weight is 235 g/mol. The zero-order valence-corrected chi connectivity index (χ0v) is 9.34. The highest BCUT2D eigenvalue weighted by molar-refractivity contribution is 7.99. The van der Waals surface area contributed by atoms with E-state index in [4.69, 9.17) is 23.2 Å². The van der Waals surface area contributed by atoms with Crippen LogP contribution in [0.2, 0.25) is 10.0 Å². The highest BCUT2D eigenvalue weighted by Gasteiger charge is 2.08. The van der Waals surface area contributed by atoms with E-state index in [9.17, 15) is 4.79 Å². The van der Waals surface area contributed by atoms with E-state index in [1.807, 2.05) is 13.0 Å². The molecule has 0 heterocycles. The molecule has 0 aliphatic rings. The normalized spacial score (nSPS) is 10.1. The Labute approximate surface area is 91.4 Å². The van der Waals surface area contributed by atoms with E-state index in [-0.39, 0.29) is 0 Å². The van der Waals surface area contributed by atoms with Gasteiger partial charge in [-0.15, -0.1) is 11.8 Å². The molecule has 1 aromatic carbocycles. The van der Waals surface area contributed by atoms with Crippen LogP contribution in [0.15, 0.2) is 17.0 Å². The largest absolute Gasteiger partial charge is 0.298 e. The molecular formula is C9H8Cl2OS. The molecule has 1 rings (SSSR count). The fraction of sp³-hybridized carbons (Fsp3) is 0.222. The molecule has 1 aromatic rings. The summed E-state index contributed by atoms with van der Waals surface area (Å²) < 4.78 is 0. The van der Waals surface area contributed by atoms with Gasteiger partial charge in [-0.25, -0.2) is 0 Å². The van der Waals surface area contributed by atoms with Crippen LogP contribution >= 0.6 is 35.0 Å². The Morgan fingerprint density at radius 3 is 2.62 bits per heavy atom. The standard InChI is InChI=1S/C9H8Cl2OS/c1-2-13-7-4-3-6(5-12)8(10)9(7)11/h3-5H,2H2,1H3. The van der Waals surface area contributed by atoms with E-state index in [1.54, 1.807) is 17.8 Å². The first-order valence-electron chi connectivity index (χ1n) is 3.76. The molecule has 0 aliphatic carbocycles. The van der Waals surface area contributed by atoms with Gasteiger partial charge in [0.2, 0.25) is 0 Å². The number of hydrogen-bond donors (Lipinski definition) is 0. The monoisotopic (exact) mass is 234 g/mol. The minimum absolute atomic E-state index is 0.343. The summed E-state index contributed by atoms with van der Waals surface area (Å²) in [6.45, 7) is 2.03. The van der Waals surface area contributed by atoms with Crippen molar-refractivity contribution in [3.05, 3.63) is 27.7 Å². The minimum atomic E-state index is 0.343. The van der Waals surface area contributed by atoms with Gasteiger partial charge in [0.15, 0.2) is 6.29 Å². The number of thioether (sulfide) groups is 1. The van der Waals surface area contributed by atoms with Crippen LogP contribution in [-0.2, 0) is 0 Å². The Morgan fingerprint density at radius 1 is 1.38 bits per heavy atom. The summed E-state index contributed by atoms with van der Waals surface area (Å²) >= 11 is 13.4. The molecule has 0 radical (unpaired) electrons. The van der Waals surface area contributed by atoms with E-state index < -0.39 is 0 Å². The zero-order chi connectivity index (χ0) is 9.84. The van der Waals surface area contributed by atoms with Gasteiger partial charge >= 0.3 is 0 Å². The summed E-state index contributed by atoms with van der Waals surface area (Å²) in [5.74, 6) is 0.927. The second kappa shape index (κ2) is 4.89. The fourth-order valence-electron chi connectivity index (χ4n) is 0.905. The minimum Gasteiger partial charge on any atom is -0.298 e. The first-order valence-corrected chi connectivity index (χ1v) is 5.50. The first-order chi connectivity index (χ1) is 6.20. The Balaban J connectivity index is 3.14. The molecule has 0 saturated carbocycles. The second-order valence-electron chi connectivity index (χ2n) is 2.33. The number of carbonyl (C=O) groups excluding carboxylic acids is 1. The molecule has 0 fully saturated rings. The molecule has 4 heteroatoms. The van der Waals surface area contributed by atoms with E-state index >= 15 is 0 Å². The fourth-order valence-corrected chi connectivity index (χ4v) is 2.21. The molecule has 0 saturated heterocycles.